The number of rotatable bonds is 13. The predicted octanol–water partition coefficient (Wildman–Crippen LogP) is -0.941. The molecule has 0 aliphatic rings. The summed E-state index contributed by atoms with van der Waals surface area (Å²) >= 11 is 0. The quantitative estimate of drug-likeness (QED) is 0.267. The van der Waals surface area contributed by atoms with Crippen LogP contribution in [0.1, 0.15) is 11.4 Å². The highest BCUT2D eigenvalue weighted by atomic mass is 17.0. The topological polar surface area (TPSA) is 236 Å². The smallest absolute Gasteiger partial charge is 0.355 e. The predicted molar refractivity (Wildman–Crippen MR) is 91.0 cm³/mol. The monoisotopic (exact) mass is 445 g/mol. The molecule has 168 valence electrons. The van der Waals surface area contributed by atoms with Gasteiger partial charge in [-0.25, -0.2) is 4.68 Å². The Kier molecular flexibility index (Phi) is 7.25. The molecule has 31 heavy (non-hydrogen) atoms. The van der Waals surface area contributed by atoms with Crippen molar-refractivity contribution in [1.82, 2.24) is 30.2 Å². The van der Waals surface area contributed by atoms with Crippen molar-refractivity contribution >= 4 is 0 Å². The molecule has 0 amide bonds. The van der Waals surface area contributed by atoms with E-state index in [1.165, 1.54) is 4.68 Å². The van der Waals surface area contributed by atoms with Crippen LogP contribution < -0.4 is 4.74 Å². The van der Waals surface area contributed by atoms with Gasteiger partial charge in [0.05, 0.1) is 11.1 Å². The zero-order valence-electron chi connectivity index (χ0n) is 16.0. The fourth-order valence-electron chi connectivity index (χ4n) is 2.23. The zero-order chi connectivity index (χ0) is 23.0. The number of hydrogen-bond donors (Lipinski definition) is 0. The molecule has 0 aliphatic heterocycles. The van der Waals surface area contributed by atoms with E-state index in [1.807, 2.05) is 0 Å². The van der Waals surface area contributed by atoms with E-state index < -0.39 is 53.1 Å². The lowest BCUT2D eigenvalue weighted by molar-refractivity contribution is -0.782. The molecule has 0 bridgehead atoms. The first-order valence-corrected chi connectivity index (χ1v) is 8.16. The fourth-order valence-corrected chi connectivity index (χ4v) is 2.23. The Balaban J connectivity index is 2.17. The van der Waals surface area contributed by atoms with Crippen LogP contribution in [-0.2, 0) is 14.5 Å². The number of ether oxygens (including phenoxy) is 1. The van der Waals surface area contributed by atoms with Crippen LogP contribution in [0.25, 0.3) is 5.95 Å². The summed E-state index contributed by atoms with van der Waals surface area (Å²) in [5.41, 5.74) is -0.446. The lowest BCUT2D eigenvalue weighted by atomic mass is 9.92. The molecule has 0 fully saturated rings. The highest BCUT2D eigenvalue weighted by Crippen LogP contribution is 2.21. The molecule has 0 unspecified atom stereocenters. The van der Waals surface area contributed by atoms with Crippen LogP contribution in [0.2, 0.25) is 0 Å². The normalized spacial score (nSPS) is 10.9. The van der Waals surface area contributed by atoms with Crippen molar-refractivity contribution in [1.29, 1.82) is 0 Å². The van der Waals surface area contributed by atoms with Gasteiger partial charge in [0.1, 0.15) is 26.4 Å². The second kappa shape index (κ2) is 9.84. The van der Waals surface area contributed by atoms with Crippen molar-refractivity contribution in [2.75, 3.05) is 26.4 Å². The maximum atomic E-state index is 10.5. The minimum absolute atomic E-state index is 0.0225. The standard InChI is InChI=1S/C12H15N9O10/c1-8-3-9(2)18(17-8)10-13-15-11(16-14-10)28-4-12(5-29-19(22)23,6-30-20(24)25)7-31-21(26)27/h3H,4-7H2,1-2H3. The van der Waals surface area contributed by atoms with Crippen molar-refractivity contribution in [2.24, 2.45) is 5.41 Å². The van der Waals surface area contributed by atoms with E-state index in [1.54, 1.807) is 19.9 Å². The Hall–Kier alpha value is -4.45. The molecule has 0 radical (unpaired) electrons. The summed E-state index contributed by atoms with van der Waals surface area (Å²) in [5, 5.41) is 47.1. The first-order chi connectivity index (χ1) is 14.6. The number of aryl methyl sites for hydroxylation is 2. The third kappa shape index (κ3) is 6.83. The Bertz CT molecular complexity index is 888. The summed E-state index contributed by atoms with van der Waals surface area (Å²) in [6, 6.07) is 1.33. The van der Waals surface area contributed by atoms with Gasteiger partial charge < -0.3 is 19.2 Å². The Labute approximate surface area is 171 Å². The lowest BCUT2D eigenvalue weighted by Gasteiger charge is -2.29. The zero-order valence-corrected chi connectivity index (χ0v) is 16.0. The van der Waals surface area contributed by atoms with E-state index in [-0.39, 0.29) is 5.95 Å². The van der Waals surface area contributed by atoms with Crippen LogP contribution in [0.4, 0.5) is 0 Å². The molecular formula is C12H15N9O10. The molecule has 2 aromatic rings. The molecule has 0 saturated carbocycles. The first kappa shape index (κ1) is 22.8. The summed E-state index contributed by atoms with van der Waals surface area (Å²) in [7, 11) is 0. The van der Waals surface area contributed by atoms with E-state index in [4.69, 9.17) is 4.74 Å². The maximum Gasteiger partial charge on any atom is 0.355 e. The maximum absolute atomic E-state index is 10.5. The molecule has 2 rings (SSSR count). The van der Waals surface area contributed by atoms with E-state index in [0.717, 1.165) is 0 Å². The van der Waals surface area contributed by atoms with Gasteiger partial charge in [-0.3, -0.25) is 0 Å². The van der Waals surface area contributed by atoms with Gasteiger partial charge in [0.25, 0.3) is 21.2 Å². The van der Waals surface area contributed by atoms with Crippen LogP contribution in [-0.4, -0.2) is 71.9 Å². The van der Waals surface area contributed by atoms with Gasteiger partial charge in [0.2, 0.25) is 0 Å². The van der Waals surface area contributed by atoms with Gasteiger partial charge in [0, 0.05) is 5.69 Å². The van der Waals surface area contributed by atoms with Crippen LogP contribution in [0.5, 0.6) is 6.01 Å². The molecule has 19 heteroatoms. The molecule has 0 aliphatic carbocycles. The third-order valence-corrected chi connectivity index (χ3v) is 3.58. The highest BCUT2D eigenvalue weighted by Gasteiger charge is 2.37. The first-order valence-electron chi connectivity index (χ1n) is 8.16. The minimum Gasteiger partial charge on any atom is -0.461 e. The van der Waals surface area contributed by atoms with Gasteiger partial charge in [-0.2, -0.15) is 5.10 Å². The summed E-state index contributed by atoms with van der Waals surface area (Å²) in [4.78, 5) is 44.2. The third-order valence-electron chi connectivity index (χ3n) is 3.58. The average molecular weight is 445 g/mol. The minimum atomic E-state index is -1.86. The molecule has 2 heterocycles. The van der Waals surface area contributed by atoms with E-state index in [2.05, 4.69) is 40.0 Å². The van der Waals surface area contributed by atoms with Gasteiger partial charge in [-0.05, 0) is 19.9 Å². The van der Waals surface area contributed by atoms with Crippen LogP contribution in [0, 0.1) is 49.6 Å². The number of aromatic nitrogens is 6. The second-order valence-corrected chi connectivity index (χ2v) is 6.10. The molecule has 0 N–H and O–H groups in total. The average Bonchev–Trinajstić information content (AvgIpc) is 3.05. The largest absolute Gasteiger partial charge is 0.461 e. The molecule has 0 saturated heterocycles. The number of nitrogens with zero attached hydrogens (tertiary/aromatic N) is 9. The summed E-state index contributed by atoms with van der Waals surface area (Å²) in [5.74, 6) is 0.0225. The van der Waals surface area contributed by atoms with Crippen molar-refractivity contribution in [2.45, 2.75) is 13.8 Å². The Morgan fingerprint density at radius 2 is 1.35 bits per heavy atom. The van der Waals surface area contributed by atoms with E-state index in [9.17, 15) is 30.3 Å². The van der Waals surface area contributed by atoms with Crippen LogP contribution in [0.3, 0.4) is 0 Å². The number of hydrogen-bond acceptors (Lipinski definition) is 15. The van der Waals surface area contributed by atoms with Crippen molar-refractivity contribution < 1.29 is 34.5 Å². The molecule has 0 aromatic carbocycles. The highest BCUT2D eigenvalue weighted by molar-refractivity contribution is 5.16. The van der Waals surface area contributed by atoms with Crippen molar-refractivity contribution in [3.63, 3.8) is 0 Å². The van der Waals surface area contributed by atoms with Gasteiger partial charge in [0.15, 0.2) is 0 Å². The summed E-state index contributed by atoms with van der Waals surface area (Å²) < 4.78 is 6.58. The molecule has 2 aromatic heterocycles. The van der Waals surface area contributed by atoms with Crippen LogP contribution in [0.15, 0.2) is 6.07 Å². The lowest BCUT2D eigenvalue weighted by Crippen LogP contribution is -2.44. The Morgan fingerprint density at radius 1 is 0.871 bits per heavy atom. The molecular weight excluding hydrogens is 430 g/mol. The SMILES string of the molecule is Cc1cc(C)n(-c2nnc(OCC(CO[N+](=O)[O-])(CO[N+](=O)[O-])CO[N+](=O)[O-])nn2)n1. The Morgan fingerprint density at radius 3 is 1.74 bits per heavy atom. The van der Waals surface area contributed by atoms with Crippen molar-refractivity contribution in [3.8, 4) is 12.0 Å². The molecule has 19 nitrogen and oxygen atoms in total. The van der Waals surface area contributed by atoms with Gasteiger partial charge in [-0.1, -0.05) is 10.2 Å². The molecule has 0 atom stereocenters. The van der Waals surface area contributed by atoms with Gasteiger partial charge >= 0.3 is 6.01 Å². The summed E-state index contributed by atoms with van der Waals surface area (Å²) in [6.45, 7) is 0.146. The molecule has 0 spiro atoms. The fraction of sp³-hybridized carbons (Fsp3) is 0.583. The van der Waals surface area contributed by atoms with Crippen molar-refractivity contribution in [3.05, 3.63) is 47.8 Å². The van der Waals surface area contributed by atoms with E-state index >= 15 is 0 Å². The van der Waals surface area contributed by atoms with Gasteiger partial charge in [-0.15, -0.1) is 40.5 Å². The van der Waals surface area contributed by atoms with Crippen LogP contribution >= 0.6 is 0 Å². The van der Waals surface area contributed by atoms with E-state index in [0.29, 0.717) is 11.4 Å². The second-order valence-electron chi connectivity index (χ2n) is 6.10. The summed E-state index contributed by atoms with van der Waals surface area (Å²) in [6.07, 6.45) is 0.